The molecule has 0 aliphatic heterocycles. The predicted octanol–water partition coefficient (Wildman–Crippen LogP) is 2.13. The standard InChI is InChI=1S/C10H6ClN3O3/c11-8-3-1-2-7(6-8)10(15)13-5-4-9(12-13)14(16)17/h1-6H. The first-order valence-electron chi connectivity index (χ1n) is 4.58. The van der Waals surface area contributed by atoms with Crippen molar-refractivity contribution < 1.29 is 9.72 Å². The predicted molar refractivity (Wildman–Crippen MR) is 60.1 cm³/mol. The van der Waals surface area contributed by atoms with Gasteiger partial charge in [0.15, 0.2) is 0 Å². The van der Waals surface area contributed by atoms with Gasteiger partial charge in [0, 0.05) is 10.6 Å². The summed E-state index contributed by atoms with van der Waals surface area (Å²) in [7, 11) is 0. The molecule has 0 fully saturated rings. The Morgan fingerprint density at radius 2 is 2.18 bits per heavy atom. The number of aromatic nitrogens is 2. The molecule has 0 spiro atoms. The van der Waals surface area contributed by atoms with E-state index in [1.165, 1.54) is 12.3 Å². The zero-order valence-electron chi connectivity index (χ0n) is 8.41. The Morgan fingerprint density at radius 1 is 1.41 bits per heavy atom. The van der Waals surface area contributed by atoms with Crippen LogP contribution in [0.2, 0.25) is 5.02 Å². The molecule has 0 amide bonds. The number of hydrogen-bond acceptors (Lipinski definition) is 4. The fraction of sp³-hybridized carbons (Fsp3) is 0. The molecule has 0 saturated heterocycles. The normalized spacial score (nSPS) is 10.2. The van der Waals surface area contributed by atoms with E-state index in [1.807, 2.05) is 0 Å². The summed E-state index contributed by atoms with van der Waals surface area (Å²) in [6.45, 7) is 0. The highest BCUT2D eigenvalue weighted by Gasteiger charge is 2.17. The maximum Gasteiger partial charge on any atom is 0.390 e. The number of hydrogen-bond donors (Lipinski definition) is 0. The summed E-state index contributed by atoms with van der Waals surface area (Å²) in [6, 6.07) is 7.43. The first-order chi connectivity index (χ1) is 8.08. The lowest BCUT2D eigenvalue weighted by Crippen LogP contribution is -2.12. The summed E-state index contributed by atoms with van der Waals surface area (Å²) in [5.74, 6) is -0.846. The third-order valence-electron chi connectivity index (χ3n) is 2.04. The van der Waals surface area contributed by atoms with Gasteiger partial charge in [0.1, 0.15) is 0 Å². The van der Waals surface area contributed by atoms with Gasteiger partial charge in [-0.3, -0.25) is 4.79 Å². The molecule has 17 heavy (non-hydrogen) atoms. The zero-order chi connectivity index (χ0) is 12.4. The van der Waals surface area contributed by atoms with E-state index in [9.17, 15) is 14.9 Å². The Hall–Kier alpha value is -2.21. The van der Waals surface area contributed by atoms with Crippen LogP contribution in [-0.2, 0) is 0 Å². The molecular formula is C10H6ClN3O3. The van der Waals surface area contributed by atoms with Crippen LogP contribution < -0.4 is 0 Å². The second-order valence-electron chi connectivity index (χ2n) is 3.19. The molecular weight excluding hydrogens is 246 g/mol. The molecule has 1 aromatic carbocycles. The Bertz CT molecular complexity index is 594. The summed E-state index contributed by atoms with van der Waals surface area (Å²) in [6.07, 6.45) is 1.24. The smallest absolute Gasteiger partial charge is 0.358 e. The highest BCUT2D eigenvalue weighted by molar-refractivity contribution is 6.30. The first kappa shape index (κ1) is 11.3. The van der Waals surface area contributed by atoms with Crippen LogP contribution in [0.5, 0.6) is 0 Å². The fourth-order valence-corrected chi connectivity index (χ4v) is 1.47. The Morgan fingerprint density at radius 3 is 2.76 bits per heavy atom. The maximum atomic E-state index is 11.9. The van der Waals surface area contributed by atoms with Gasteiger partial charge < -0.3 is 10.1 Å². The number of nitrogens with zero attached hydrogens (tertiary/aromatic N) is 3. The SMILES string of the molecule is O=C(c1cccc(Cl)c1)n1ccc([N+](=O)[O-])n1. The third-order valence-corrected chi connectivity index (χ3v) is 2.28. The quantitative estimate of drug-likeness (QED) is 0.605. The minimum absolute atomic E-state index is 0.315. The van der Waals surface area contributed by atoms with Gasteiger partial charge in [-0.05, 0) is 23.1 Å². The van der Waals surface area contributed by atoms with Crippen LogP contribution in [0.4, 0.5) is 5.82 Å². The lowest BCUT2D eigenvalue weighted by molar-refractivity contribution is -0.389. The van der Waals surface area contributed by atoms with E-state index < -0.39 is 10.8 Å². The van der Waals surface area contributed by atoms with E-state index in [0.29, 0.717) is 10.6 Å². The molecule has 2 rings (SSSR count). The summed E-state index contributed by atoms with van der Waals surface area (Å²) in [5, 5.41) is 14.4. The highest BCUT2D eigenvalue weighted by atomic mass is 35.5. The molecule has 2 aromatic rings. The van der Waals surface area contributed by atoms with Gasteiger partial charge in [-0.15, -0.1) is 4.68 Å². The minimum atomic E-state index is -0.665. The largest absolute Gasteiger partial charge is 0.390 e. The Labute approximate surface area is 101 Å². The number of nitro groups is 1. The van der Waals surface area contributed by atoms with Gasteiger partial charge >= 0.3 is 5.82 Å². The van der Waals surface area contributed by atoms with Crippen molar-refractivity contribution >= 4 is 23.3 Å². The molecule has 86 valence electrons. The maximum absolute atomic E-state index is 11.9. The molecule has 1 aromatic heterocycles. The molecule has 0 unspecified atom stereocenters. The van der Waals surface area contributed by atoms with E-state index in [4.69, 9.17) is 11.6 Å². The second kappa shape index (κ2) is 4.34. The van der Waals surface area contributed by atoms with Crippen LogP contribution in [0.15, 0.2) is 36.5 Å². The van der Waals surface area contributed by atoms with Gasteiger partial charge in [0.2, 0.25) is 0 Å². The van der Waals surface area contributed by atoms with Crippen LogP contribution in [0, 0.1) is 10.1 Å². The van der Waals surface area contributed by atoms with Crippen LogP contribution in [0.25, 0.3) is 0 Å². The third kappa shape index (κ3) is 2.31. The van der Waals surface area contributed by atoms with Crippen molar-refractivity contribution in [2.45, 2.75) is 0 Å². The van der Waals surface area contributed by atoms with Gasteiger partial charge in [0.25, 0.3) is 5.91 Å². The lowest BCUT2D eigenvalue weighted by Gasteiger charge is -1.97. The summed E-state index contributed by atoms with van der Waals surface area (Å²) in [5.41, 5.74) is 0.315. The molecule has 0 atom stereocenters. The molecule has 0 aliphatic rings. The van der Waals surface area contributed by atoms with Crippen molar-refractivity contribution in [1.29, 1.82) is 0 Å². The van der Waals surface area contributed by atoms with Crippen molar-refractivity contribution in [3.8, 4) is 0 Å². The molecule has 0 aliphatic carbocycles. The molecule has 1 heterocycles. The highest BCUT2D eigenvalue weighted by Crippen LogP contribution is 2.13. The van der Waals surface area contributed by atoms with Crippen molar-refractivity contribution in [2.75, 3.05) is 0 Å². The van der Waals surface area contributed by atoms with Gasteiger partial charge in [-0.1, -0.05) is 17.7 Å². The molecule has 0 bridgehead atoms. The number of rotatable bonds is 2. The van der Waals surface area contributed by atoms with E-state index in [1.54, 1.807) is 18.2 Å². The average molecular weight is 252 g/mol. The van der Waals surface area contributed by atoms with Crippen LogP contribution in [0.1, 0.15) is 10.4 Å². The van der Waals surface area contributed by atoms with E-state index in [2.05, 4.69) is 5.10 Å². The minimum Gasteiger partial charge on any atom is -0.358 e. The zero-order valence-corrected chi connectivity index (χ0v) is 9.16. The van der Waals surface area contributed by atoms with E-state index in [-0.39, 0.29) is 5.82 Å². The van der Waals surface area contributed by atoms with Crippen molar-refractivity contribution in [3.63, 3.8) is 0 Å². The topological polar surface area (TPSA) is 78.0 Å². The molecule has 6 nitrogen and oxygen atoms in total. The molecule has 7 heteroatoms. The van der Waals surface area contributed by atoms with Crippen LogP contribution in [-0.4, -0.2) is 20.6 Å². The van der Waals surface area contributed by atoms with Crippen LogP contribution in [0.3, 0.4) is 0 Å². The van der Waals surface area contributed by atoms with Crippen molar-refractivity contribution in [2.24, 2.45) is 0 Å². The van der Waals surface area contributed by atoms with Gasteiger partial charge in [-0.2, -0.15) is 0 Å². The van der Waals surface area contributed by atoms with E-state index >= 15 is 0 Å². The number of halogens is 1. The van der Waals surface area contributed by atoms with Crippen LogP contribution >= 0.6 is 11.6 Å². The fourth-order valence-electron chi connectivity index (χ4n) is 1.28. The summed E-state index contributed by atoms with van der Waals surface area (Å²) < 4.78 is 0.907. The monoisotopic (exact) mass is 251 g/mol. The Balaban J connectivity index is 2.34. The van der Waals surface area contributed by atoms with Crippen molar-refractivity contribution in [3.05, 3.63) is 57.2 Å². The summed E-state index contributed by atoms with van der Waals surface area (Å²) >= 11 is 5.74. The molecule has 0 radical (unpaired) electrons. The first-order valence-corrected chi connectivity index (χ1v) is 4.96. The number of carbonyl (C=O) groups excluding carboxylic acids is 1. The number of carbonyl (C=O) groups is 1. The summed E-state index contributed by atoms with van der Waals surface area (Å²) in [4.78, 5) is 21.6. The average Bonchev–Trinajstić information content (AvgIpc) is 2.77. The van der Waals surface area contributed by atoms with E-state index in [0.717, 1.165) is 10.7 Å². The van der Waals surface area contributed by atoms with Gasteiger partial charge in [0.05, 0.1) is 17.4 Å². The van der Waals surface area contributed by atoms with Gasteiger partial charge in [-0.25, -0.2) is 0 Å². The molecule has 0 N–H and O–H groups in total. The Kier molecular flexibility index (Phi) is 2.88. The number of benzene rings is 1. The molecule has 0 saturated carbocycles. The van der Waals surface area contributed by atoms with Crippen molar-refractivity contribution in [1.82, 2.24) is 9.78 Å². The second-order valence-corrected chi connectivity index (χ2v) is 3.63. The lowest BCUT2D eigenvalue weighted by atomic mass is 10.2.